The van der Waals surface area contributed by atoms with Gasteiger partial charge in [-0.2, -0.15) is 0 Å². The highest BCUT2D eigenvalue weighted by atomic mass is 19.3. The Hall–Kier alpha value is -1.76. The van der Waals surface area contributed by atoms with Gasteiger partial charge in [0.1, 0.15) is 6.61 Å². The van der Waals surface area contributed by atoms with E-state index in [9.17, 15) is 18.0 Å². The first-order valence-electron chi connectivity index (χ1n) is 5.00. The van der Waals surface area contributed by atoms with Crippen LogP contribution in [-0.4, -0.2) is 37.2 Å². The number of halogens is 3. The van der Waals surface area contributed by atoms with E-state index in [1.165, 1.54) is 7.11 Å². The topological polar surface area (TPSA) is 58.6 Å². The second-order valence-electron chi connectivity index (χ2n) is 3.55. The quantitative estimate of drug-likeness (QED) is 0.839. The summed E-state index contributed by atoms with van der Waals surface area (Å²) >= 11 is 0. The van der Waals surface area contributed by atoms with Crippen LogP contribution in [-0.2, 0) is 0 Å². The average Bonchev–Trinajstić information content (AvgIpc) is 2.36. The summed E-state index contributed by atoms with van der Waals surface area (Å²) < 4.78 is 43.1. The smallest absolute Gasteiger partial charge is 0.287 e. The summed E-state index contributed by atoms with van der Waals surface area (Å²) in [6.07, 6.45) is 0. The van der Waals surface area contributed by atoms with Gasteiger partial charge >= 0.3 is 0 Å². The van der Waals surface area contributed by atoms with Crippen molar-refractivity contribution in [3.8, 4) is 5.75 Å². The first-order valence-corrected chi connectivity index (χ1v) is 5.00. The fourth-order valence-corrected chi connectivity index (χ4v) is 1.17. The number of amides is 1. The van der Waals surface area contributed by atoms with E-state index in [0.717, 1.165) is 18.2 Å². The van der Waals surface area contributed by atoms with Gasteiger partial charge in [0, 0.05) is 5.56 Å². The molecule has 1 aromatic rings. The molecule has 0 aliphatic carbocycles. The first-order chi connectivity index (χ1) is 8.39. The van der Waals surface area contributed by atoms with Crippen molar-refractivity contribution in [2.24, 2.45) is 0 Å². The van der Waals surface area contributed by atoms with Crippen molar-refractivity contribution in [2.75, 3.05) is 20.3 Å². The van der Waals surface area contributed by atoms with Crippen molar-refractivity contribution in [2.45, 2.75) is 5.92 Å². The third-order valence-electron chi connectivity index (χ3n) is 2.15. The molecule has 1 rings (SSSR count). The van der Waals surface area contributed by atoms with Crippen LogP contribution >= 0.6 is 0 Å². The fourth-order valence-electron chi connectivity index (χ4n) is 1.17. The third kappa shape index (κ3) is 3.63. The molecular formula is C11H12F3NO3. The molecule has 0 bridgehead atoms. The van der Waals surface area contributed by atoms with E-state index in [1.807, 2.05) is 5.32 Å². The first kappa shape index (κ1) is 14.3. The lowest BCUT2D eigenvalue weighted by molar-refractivity contribution is -0.0462. The van der Waals surface area contributed by atoms with Gasteiger partial charge < -0.3 is 15.2 Å². The minimum absolute atomic E-state index is 0.0120. The molecule has 4 nitrogen and oxygen atoms in total. The number of carbonyl (C=O) groups is 1. The number of methoxy groups -OCH3 is 1. The van der Waals surface area contributed by atoms with E-state index < -0.39 is 30.8 Å². The number of aliphatic hydroxyl groups excluding tert-OH is 1. The predicted molar refractivity (Wildman–Crippen MR) is 57.3 cm³/mol. The highest BCUT2D eigenvalue weighted by molar-refractivity contribution is 5.94. The minimum atomic E-state index is -3.39. The number of alkyl halides is 2. The number of rotatable bonds is 5. The molecule has 0 aliphatic rings. The van der Waals surface area contributed by atoms with E-state index in [-0.39, 0.29) is 11.3 Å². The van der Waals surface area contributed by atoms with Crippen molar-refractivity contribution >= 4 is 5.91 Å². The third-order valence-corrected chi connectivity index (χ3v) is 2.15. The molecule has 0 aromatic heterocycles. The Balaban J connectivity index is 2.73. The lowest BCUT2D eigenvalue weighted by atomic mass is 10.2. The number of ether oxygens (including phenoxy) is 1. The molecule has 0 fully saturated rings. The zero-order chi connectivity index (χ0) is 13.8. The monoisotopic (exact) mass is 263 g/mol. The second kappa shape index (κ2) is 5.72. The summed E-state index contributed by atoms with van der Waals surface area (Å²) in [7, 11) is 1.22. The molecule has 100 valence electrons. The van der Waals surface area contributed by atoms with Crippen molar-refractivity contribution < 1.29 is 27.8 Å². The zero-order valence-electron chi connectivity index (χ0n) is 9.54. The lowest BCUT2D eigenvalue weighted by Gasteiger charge is -2.14. The van der Waals surface area contributed by atoms with Gasteiger partial charge in [-0.05, 0) is 18.2 Å². The average molecular weight is 263 g/mol. The number of carbonyl (C=O) groups excluding carboxylic acids is 1. The van der Waals surface area contributed by atoms with E-state index in [4.69, 9.17) is 5.11 Å². The SMILES string of the molecule is COc1cc(C(=O)NCC(F)(F)CO)ccc1F. The highest BCUT2D eigenvalue weighted by Crippen LogP contribution is 2.18. The highest BCUT2D eigenvalue weighted by Gasteiger charge is 2.28. The Morgan fingerprint density at radius 3 is 2.72 bits per heavy atom. The standard InChI is InChI=1S/C11H12F3NO3/c1-18-9-4-7(2-3-8(9)12)10(17)15-5-11(13,14)6-16/h2-4,16H,5-6H2,1H3,(H,15,17). The van der Waals surface area contributed by atoms with Crippen LogP contribution in [0.2, 0.25) is 0 Å². The molecular weight excluding hydrogens is 251 g/mol. The normalized spacial score (nSPS) is 11.2. The Labute approximate surface area is 101 Å². The maximum absolute atomic E-state index is 13.1. The van der Waals surface area contributed by atoms with Crippen LogP contribution in [0.1, 0.15) is 10.4 Å². The molecule has 0 radical (unpaired) electrons. The predicted octanol–water partition coefficient (Wildman–Crippen LogP) is 1.19. The molecule has 18 heavy (non-hydrogen) atoms. The van der Waals surface area contributed by atoms with Crippen LogP contribution in [0.5, 0.6) is 5.75 Å². The largest absolute Gasteiger partial charge is 0.494 e. The van der Waals surface area contributed by atoms with Gasteiger partial charge in [-0.3, -0.25) is 4.79 Å². The second-order valence-corrected chi connectivity index (χ2v) is 3.55. The summed E-state index contributed by atoms with van der Waals surface area (Å²) in [5.74, 6) is -5.01. The summed E-state index contributed by atoms with van der Waals surface area (Å²) in [6.45, 7) is -2.36. The number of hydrogen-bond acceptors (Lipinski definition) is 3. The summed E-state index contributed by atoms with van der Waals surface area (Å²) in [5.41, 5.74) is -0.0120. The summed E-state index contributed by atoms with van der Waals surface area (Å²) in [5, 5.41) is 10.3. The molecule has 0 aliphatic heterocycles. The van der Waals surface area contributed by atoms with Crippen LogP contribution in [0.4, 0.5) is 13.2 Å². The molecule has 7 heteroatoms. The van der Waals surface area contributed by atoms with Crippen LogP contribution in [0.25, 0.3) is 0 Å². The van der Waals surface area contributed by atoms with Crippen molar-refractivity contribution in [3.63, 3.8) is 0 Å². The van der Waals surface area contributed by atoms with Crippen molar-refractivity contribution in [1.82, 2.24) is 5.32 Å². The number of benzene rings is 1. The van der Waals surface area contributed by atoms with Gasteiger partial charge in [0.25, 0.3) is 11.8 Å². The lowest BCUT2D eigenvalue weighted by Crippen LogP contribution is -2.38. The van der Waals surface area contributed by atoms with Gasteiger partial charge in [0.05, 0.1) is 13.7 Å². The maximum atomic E-state index is 13.1. The van der Waals surface area contributed by atoms with Gasteiger partial charge in [0.15, 0.2) is 11.6 Å². The number of aliphatic hydroxyl groups is 1. The molecule has 0 saturated carbocycles. The number of nitrogens with one attached hydrogen (secondary N) is 1. The molecule has 0 heterocycles. The Morgan fingerprint density at radius 2 is 2.17 bits per heavy atom. The zero-order valence-corrected chi connectivity index (χ0v) is 9.54. The Morgan fingerprint density at radius 1 is 1.50 bits per heavy atom. The molecule has 0 saturated heterocycles. The van der Waals surface area contributed by atoms with Crippen LogP contribution in [0.15, 0.2) is 18.2 Å². The Bertz CT molecular complexity index is 438. The van der Waals surface area contributed by atoms with E-state index >= 15 is 0 Å². The van der Waals surface area contributed by atoms with Crippen molar-refractivity contribution in [3.05, 3.63) is 29.6 Å². The summed E-state index contributed by atoms with van der Waals surface area (Å²) in [4.78, 5) is 11.5. The summed E-state index contributed by atoms with van der Waals surface area (Å²) in [6, 6.07) is 3.24. The maximum Gasteiger partial charge on any atom is 0.287 e. The van der Waals surface area contributed by atoms with Gasteiger partial charge in [0.2, 0.25) is 0 Å². The van der Waals surface area contributed by atoms with Gasteiger partial charge in [-0.1, -0.05) is 0 Å². The molecule has 2 N–H and O–H groups in total. The van der Waals surface area contributed by atoms with E-state index in [2.05, 4.69) is 4.74 Å². The van der Waals surface area contributed by atoms with Crippen molar-refractivity contribution in [1.29, 1.82) is 0 Å². The van der Waals surface area contributed by atoms with Crippen LogP contribution in [0.3, 0.4) is 0 Å². The Kier molecular flexibility index (Phi) is 4.55. The van der Waals surface area contributed by atoms with E-state index in [1.54, 1.807) is 0 Å². The van der Waals surface area contributed by atoms with E-state index in [0.29, 0.717) is 0 Å². The van der Waals surface area contributed by atoms with Crippen LogP contribution < -0.4 is 10.1 Å². The van der Waals surface area contributed by atoms with Gasteiger partial charge in [-0.25, -0.2) is 13.2 Å². The minimum Gasteiger partial charge on any atom is -0.494 e. The fraction of sp³-hybridized carbons (Fsp3) is 0.364. The molecule has 0 unspecified atom stereocenters. The van der Waals surface area contributed by atoms with Gasteiger partial charge in [-0.15, -0.1) is 0 Å². The van der Waals surface area contributed by atoms with Crippen LogP contribution in [0, 0.1) is 5.82 Å². The number of hydrogen-bond donors (Lipinski definition) is 2. The molecule has 0 atom stereocenters. The molecule has 0 spiro atoms. The molecule has 1 amide bonds. The molecule has 1 aromatic carbocycles.